The van der Waals surface area contributed by atoms with Crippen molar-refractivity contribution in [3.63, 3.8) is 0 Å². The molecular weight excluding hydrogens is 451 g/mol. The molecule has 0 saturated carbocycles. The minimum atomic E-state index is -0.398. The molecule has 1 aliphatic heterocycles. The van der Waals surface area contributed by atoms with Crippen molar-refractivity contribution < 1.29 is 14.3 Å². The topological polar surface area (TPSA) is 58.6 Å². The van der Waals surface area contributed by atoms with E-state index in [0.717, 1.165) is 9.26 Å². The second-order valence-corrected chi connectivity index (χ2v) is 7.87. The molecule has 2 amide bonds. The summed E-state index contributed by atoms with van der Waals surface area (Å²) in [6, 6.07) is 10.9. The molecule has 2 aromatic rings. The molecule has 5 nitrogen and oxygen atoms in total. The molecule has 120 valence electrons. The first-order chi connectivity index (χ1) is 11.0. The Balaban J connectivity index is 1.57. The average Bonchev–Trinajstić information content (AvgIpc) is 3.12. The zero-order valence-electron chi connectivity index (χ0n) is 11.8. The molecular formula is C15H12ClIN2O3S. The summed E-state index contributed by atoms with van der Waals surface area (Å²) in [5.41, 5.74) is 0.786. The number of halogens is 2. The molecule has 0 spiro atoms. The first-order valence-electron chi connectivity index (χ1n) is 6.80. The van der Waals surface area contributed by atoms with Gasteiger partial charge in [0.05, 0.1) is 22.3 Å². The van der Waals surface area contributed by atoms with E-state index in [1.165, 1.54) is 11.3 Å². The first kappa shape index (κ1) is 16.5. The minimum Gasteiger partial charge on any atom is -0.442 e. The van der Waals surface area contributed by atoms with Crippen LogP contribution in [0.25, 0.3) is 0 Å². The van der Waals surface area contributed by atoms with E-state index in [2.05, 4.69) is 27.9 Å². The molecule has 0 aliphatic carbocycles. The fourth-order valence-corrected chi connectivity index (χ4v) is 3.51. The molecule has 23 heavy (non-hydrogen) atoms. The quantitative estimate of drug-likeness (QED) is 0.704. The van der Waals surface area contributed by atoms with E-state index in [-0.39, 0.29) is 18.6 Å². The van der Waals surface area contributed by atoms with Crippen LogP contribution in [0.4, 0.5) is 10.5 Å². The van der Waals surface area contributed by atoms with Crippen molar-refractivity contribution in [1.82, 2.24) is 5.32 Å². The van der Waals surface area contributed by atoms with E-state index in [1.807, 2.05) is 24.3 Å². The Morgan fingerprint density at radius 3 is 2.74 bits per heavy atom. The van der Waals surface area contributed by atoms with Crippen LogP contribution in [-0.2, 0) is 4.74 Å². The number of hydrogen-bond donors (Lipinski definition) is 1. The van der Waals surface area contributed by atoms with Crippen molar-refractivity contribution in [2.75, 3.05) is 18.0 Å². The van der Waals surface area contributed by atoms with Crippen molar-refractivity contribution in [3.8, 4) is 0 Å². The third kappa shape index (κ3) is 3.96. The van der Waals surface area contributed by atoms with Crippen molar-refractivity contribution in [2.45, 2.75) is 6.10 Å². The number of ether oxygens (including phenoxy) is 1. The Morgan fingerprint density at radius 2 is 2.09 bits per heavy atom. The van der Waals surface area contributed by atoms with E-state index in [1.54, 1.807) is 17.0 Å². The Labute approximate surface area is 155 Å². The van der Waals surface area contributed by atoms with Crippen LogP contribution in [0.15, 0.2) is 36.4 Å². The van der Waals surface area contributed by atoms with Gasteiger partial charge in [-0.1, -0.05) is 11.6 Å². The van der Waals surface area contributed by atoms with Gasteiger partial charge in [-0.05, 0) is 59.0 Å². The fourth-order valence-electron chi connectivity index (χ4n) is 2.19. The largest absolute Gasteiger partial charge is 0.442 e. The number of amides is 2. The van der Waals surface area contributed by atoms with Gasteiger partial charge < -0.3 is 10.1 Å². The van der Waals surface area contributed by atoms with E-state index < -0.39 is 6.09 Å². The number of nitrogens with zero attached hydrogens (tertiary/aromatic N) is 1. The SMILES string of the molecule is O=C(NC[C@H]1CN(c2ccc(I)cc2)C(=O)O1)c1ccc(Cl)s1. The van der Waals surface area contributed by atoms with Crippen LogP contribution in [-0.4, -0.2) is 31.2 Å². The van der Waals surface area contributed by atoms with Crippen LogP contribution < -0.4 is 10.2 Å². The number of cyclic esters (lactones) is 1. The summed E-state index contributed by atoms with van der Waals surface area (Å²) in [4.78, 5) is 26.0. The molecule has 1 aromatic heterocycles. The lowest BCUT2D eigenvalue weighted by Crippen LogP contribution is -2.34. The molecule has 1 aliphatic rings. The molecule has 1 N–H and O–H groups in total. The molecule has 0 bridgehead atoms. The highest BCUT2D eigenvalue weighted by atomic mass is 127. The van der Waals surface area contributed by atoms with E-state index >= 15 is 0 Å². The maximum absolute atomic E-state index is 12.0. The smallest absolute Gasteiger partial charge is 0.414 e. The predicted octanol–water partition coefficient (Wildman–Crippen LogP) is 3.76. The molecule has 1 aromatic carbocycles. The van der Waals surface area contributed by atoms with Gasteiger partial charge in [-0.3, -0.25) is 9.69 Å². The first-order valence-corrected chi connectivity index (χ1v) is 9.07. The number of anilines is 1. The summed E-state index contributed by atoms with van der Waals surface area (Å²) in [6.45, 7) is 0.672. The van der Waals surface area contributed by atoms with E-state index in [9.17, 15) is 9.59 Å². The van der Waals surface area contributed by atoms with Crippen LogP contribution in [0.3, 0.4) is 0 Å². The maximum atomic E-state index is 12.0. The molecule has 2 heterocycles. The lowest BCUT2D eigenvalue weighted by Gasteiger charge is -2.13. The van der Waals surface area contributed by atoms with Crippen molar-refractivity contribution in [2.24, 2.45) is 0 Å². The van der Waals surface area contributed by atoms with Crippen LogP contribution in [0.5, 0.6) is 0 Å². The number of benzene rings is 1. The normalized spacial score (nSPS) is 17.2. The van der Waals surface area contributed by atoms with E-state index in [0.29, 0.717) is 15.8 Å². The summed E-state index contributed by atoms with van der Waals surface area (Å²) >= 11 is 9.23. The predicted molar refractivity (Wildman–Crippen MR) is 98.4 cm³/mol. The highest BCUT2D eigenvalue weighted by Gasteiger charge is 2.32. The average molecular weight is 463 g/mol. The Morgan fingerprint density at radius 1 is 1.35 bits per heavy atom. The van der Waals surface area contributed by atoms with Crippen LogP contribution in [0.1, 0.15) is 9.67 Å². The highest BCUT2D eigenvalue weighted by Crippen LogP contribution is 2.23. The molecule has 1 fully saturated rings. The van der Waals surface area contributed by atoms with Gasteiger partial charge in [-0.2, -0.15) is 0 Å². The van der Waals surface area contributed by atoms with Gasteiger partial charge in [0.25, 0.3) is 5.91 Å². The van der Waals surface area contributed by atoms with Crippen LogP contribution in [0.2, 0.25) is 4.34 Å². The zero-order chi connectivity index (χ0) is 16.4. The molecule has 1 atom stereocenters. The Bertz CT molecular complexity index is 735. The van der Waals surface area contributed by atoms with E-state index in [4.69, 9.17) is 16.3 Å². The van der Waals surface area contributed by atoms with Gasteiger partial charge in [0.15, 0.2) is 0 Å². The number of hydrogen-bond acceptors (Lipinski definition) is 4. The minimum absolute atomic E-state index is 0.217. The molecule has 8 heteroatoms. The number of carbonyl (C=O) groups is 2. The van der Waals surface area contributed by atoms with Gasteiger partial charge in [0.1, 0.15) is 6.10 Å². The molecule has 0 unspecified atom stereocenters. The van der Waals surface area contributed by atoms with Gasteiger partial charge in [-0.25, -0.2) is 4.79 Å². The summed E-state index contributed by atoms with van der Waals surface area (Å²) < 4.78 is 6.95. The summed E-state index contributed by atoms with van der Waals surface area (Å²) in [5.74, 6) is -0.217. The Kier molecular flexibility index (Phi) is 5.08. The van der Waals surface area contributed by atoms with Crippen LogP contribution in [0, 0.1) is 3.57 Å². The maximum Gasteiger partial charge on any atom is 0.414 e. The monoisotopic (exact) mass is 462 g/mol. The van der Waals surface area contributed by atoms with Crippen LogP contribution >= 0.6 is 45.5 Å². The number of carbonyl (C=O) groups excluding carboxylic acids is 2. The molecule has 3 rings (SSSR count). The zero-order valence-corrected chi connectivity index (χ0v) is 15.5. The van der Waals surface area contributed by atoms with Gasteiger partial charge >= 0.3 is 6.09 Å². The summed E-state index contributed by atoms with van der Waals surface area (Å²) in [5, 5.41) is 2.76. The summed E-state index contributed by atoms with van der Waals surface area (Å²) in [7, 11) is 0. The number of rotatable bonds is 4. The van der Waals surface area contributed by atoms with Gasteiger partial charge in [-0.15, -0.1) is 11.3 Å². The van der Waals surface area contributed by atoms with Crippen molar-refractivity contribution in [3.05, 3.63) is 49.2 Å². The second kappa shape index (κ2) is 7.06. The third-order valence-corrected chi connectivity index (χ3v) is 5.25. The Hall–Kier alpha value is -1.32. The second-order valence-electron chi connectivity index (χ2n) is 4.91. The van der Waals surface area contributed by atoms with Gasteiger partial charge in [0, 0.05) is 9.26 Å². The van der Waals surface area contributed by atoms with Crippen molar-refractivity contribution in [1.29, 1.82) is 0 Å². The number of thiophene rings is 1. The number of nitrogens with one attached hydrogen (secondary N) is 1. The lowest BCUT2D eigenvalue weighted by atomic mass is 10.2. The lowest BCUT2D eigenvalue weighted by molar-refractivity contribution is 0.0920. The standard InChI is InChI=1S/C15H12ClIN2O3S/c16-13-6-5-12(23-13)14(20)18-7-11-8-19(15(21)22-11)10-3-1-9(17)2-4-10/h1-6,11H,7-8H2,(H,18,20)/t11-/m0/s1. The van der Waals surface area contributed by atoms with Gasteiger partial charge in [0.2, 0.25) is 0 Å². The molecule has 1 saturated heterocycles. The van der Waals surface area contributed by atoms with Crippen molar-refractivity contribution >= 4 is 63.2 Å². The highest BCUT2D eigenvalue weighted by molar-refractivity contribution is 14.1. The fraction of sp³-hybridized carbons (Fsp3) is 0.200. The summed E-state index contributed by atoms with van der Waals surface area (Å²) in [6.07, 6.45) is -0.772. The molecule has 0 radical (unpaired) electrons. The third-order valence-electron chi connectivity index (χ3n) is 3.30.